The van der Waals surface area contributed by atoms with Crippen LogP contribution in [0, 0.1) is 0 Å². The lowest BCUT2D eigenvalue weighted by Crippen LogP contribution is -1.89. The van der Waals surface area contributed by atoms with Gasteiger partial charge in [0.15, 0.2) is 0 Å². The summed E-state index contributed by atoms with van der Waals surface area (Å²) in [6, 6.07) is 0. The van der Waals surface area contributed by atoms with E-state index in [1.807, 2.05) is 72.9 Å². The molecule has 0 unspecified atom stereocenters. The molecule has 0 saturated carbocycles. The van der Waals surface area contributed by atoms with Gasteiger partial charge in [-0.25, -0.2) is 24.8 Å². The largest absolute Gasteiger partial charge is 0.478 e. The van der Waals surface area contributed by atoms with Crippen LogP contribution < -0.4 is 0 Å². The van der Waals surface area contributed by atoms with Gasteiger partial charge in [0.1, 0.15) is 0 Å². The Morgan fingerprint density at radius 2 is 0.862 bits per heavy atom. The predicted molar refractivity (Wildman–Crippen MR) is 116 cm³/mol. The molecular formula is C23H16N4O2. The van der Waals surface area contributed by atoms with E-state index in [-0.39, 0.29) is 0 Å². The van der Waals surface area contributed by atoms with Gasteiger partial charge in [0.05, 0.1) is 45.6 Å². The Labute approximate surface area is 167 Å². The summed E-state index contributed by atoms with van der Waals surface area (Å²) in [6.07, 6.45) is 24.6. The van der Waals surface area contributed by atoms with Gasteiger partial charge >= 0.3 is 5.97 Å². The number of hydrogen-bond donors (Lipinski definition) is 1. The molecule has 5 heterocycles. The second kappa shape index (κ2) is 7.82. The maximum absolute atomic E-state index is 9.25. The molecule has 8 bridgehead atoms. The summed E-state index contributed by atoms with van der Waals surface area (Å²) in [4.78, 5) is 27.6. The second-order valence-corrected chi connectivity index (χ2v) is 6.30. The first-order valence-electron chi connectivity index (χ1n) is 8.87. The monoisotopic (exact) mass is 380 g/mol. The van der Waals surface area contributed by atoms with Crippen molar-refractivity contribution in [3.63, 3.8) is 0 Å². The topological polar surface area (TPSA) is 86.7 Å². The third-order valence-electron chi connectivity index (χ3n) is 4.09. The van der Waals surface area contributed by atoms with E-state index in [0.29, 0.717) is 0 Å². The number of aliphatic imine (C=N–C) groups is 4. The third-order valence-corrected chi connectivity index (χ3v) is 4.09. The predicted octanol–water partition coefficient (Wildman–Crippen LogP) is 3.84. The van der Waals surface area contributed by atoms with Crippen LogP contribution in [0.3, 0.4) is 0 Å². The standard InChI is InChI=1S/C20H12N4.C3H4O2/c1-2-14-10-16-5-6-18(23-16)12-20-8-7-19(24-20)11-17-4-3-15(22-17)9-13(1)21-14;1-2-3(4)5/h1-12H;2H,1H2,(H,4,5). The maximum atomic E-state index is 9.25. The number of hydrogen-bond acceptors (Lipinski definition) is 5. The molecule has 0 fully saturated rings. The Kier molecular flexibility index (Phi) is 4.90. The quantitative estimate of drug-likeness (QED) is 0.701. The van der Waals surface area contributed by atoms with Crippen LogP contribution in [0.2, 0.25) is 0 Å². The van der Waals surface area contributed by atoms with Gasteiger partial charge in [-0.15, -0.1) is 0 Å². The summed E-state index contributed by atoms with van der Waals surface area (Å²) < 4.78 is 0. The smallest absolute Gasteiger partial charge is 0.327 e. The van der Waals surface area contributed by atoms with Crippen molar-refractivity contribution in [3.8, 4) is 0 Å². The molecule has 0 aromatic rings. The van der Waals surface area contributed by atoms with Crippen LogP contribution in [0.15, 0.2) is 128 Å². The molecule has 5 rings (SSSR count). The van der Waals surface area contributed by atoms with E-state index in [4.69, 9.17) is 5.11 Å². The molecule has 140 valence electrons. The minimum Gasteiger partial charge on any atom is -0.478 e. The first kappa shape index (κ1) is 18.2. The normalized spacial score (nSPS) is 19.9. The van der Waals surface area contributed by atoms with Gasteiger partial charge in [0, 0.05) is 6.08 Å². The summed E-state index contributed by atoms with van der Waals surface area (Å²) in [5.74, 6) is -0.981. The summed E-state index contributed by atoms with van der Waals surface area (Å²) in [7, 11) is 0. The van der Waals surface area contributed by atoms with E-state index in [1.54, 1.807) is 0 Å². The van der Waals surface area contributed by atoms with Crippen molar-refractivity contribution in [2.45, 2.75) is 0 Å². The van der Waals surface area contributed by atoms with Gasteiger partial charge < -0.3 is 5.11 Å². The van der Waals surface area contributed by atoms with Crippen molar-refractivity contribution in [2.24, 2.45) is 20.0 Å². The highest BCUT2D eigenvalue weighted by atomic mass is 16.4. The Morgan fingerprint density at radius 3 is 1.07 bits per heavy atom. The number of carboxylic acid groups (broad SMARTS) is 1. The number of fused-ring (bicyclic) bond motifs is 4. The van der Waals surface area contributed by atoms with E-state index in [0.717, 1.165) is 51.7 Å². The Balaban J connectivity index is 0.000000369. The highest BCUT2D eigenvalue weighted by Gasteiger charge is 2.11. The van der Waals surface area contributed by atoms with E-state index in [1.165, 1.54) is 0 Å². The molecule has 0 radical (unpaired) electrons. The molecule has 6 nitrogen and oxygen atoms in total. The molecule has 0 atom stereocenters. The van der Waals surface area contributed by atoms with Crippen molar-refractivity contribution in [1.29, 1.82) is 0 Å². The van der Waals surface area contributed by atoms with Crippen LogP contribution in [0.1, 0.15) is 0 Å². The molecule has 0 spiro atoms. The lowest BCUT2D eigenvalue weighted by atomic mass is 10.2. The van der Waals surface area contributed by atoms with Crippen LogP contribution in [0.4, 0.5) is 0 Å². The van der Waals surface area contributed by atoms with Crippen molar-refractivity contribution < 1.29 is 9.90 Å². The van der Waals surface area contributed by atoms with Crippen molar-refractivity contribution in [2.75, 3.05) is 0 Å². The zero-order valence-electron chi connectivity index (χ0n) is 15.4. The minimum atomic E-state index is -0.981. The Hall–Kier alpha value is -4.19. The van der Waals surface area contributed by atoms with Crippen LogP contribution in [-0.2, 0) is 4.79 Å². The highest BCUT2D eigenvalue weighted by molar-refractivity contribution is 6.14. The molecule has 29 heavy (non-hydrogen) atoms. The number of allylic oxidation sites excluding steroid dienone is 12. The SMILES string of the molecule is C1=CC2=NC1=CC1=NC(=CC3=NC(=CC4=NC(=C2)C=C4)C=C3)C=C1.C=CC(=O)O. The van der Waals surface area contributed by atoms with Crippen molar-refractivity contribution in [1.82, 2.24) is 0 Å². The molecule has 0 amide bonds. The van der Waals surface area contributed by atoms with Gasteiger partial charge in [0.25, 0.3) is 0 Å². The lowest BCUT2D eigenvalue weighted by Gasteiger charge is -1.94. The molecule has 0 saturated heterocycles. The number of rotatable bonds is 1. The summed E-state index contributed by atoms with van der Waals surface area (Å²) >= 11 is 0. The maximum Gasteiger partial charge on any atom is 0.327 e. The summed E-state index contributed by atoms with van der Waals surface area (Å²) in [5.41, 5.74) is 7.15. The van der Waals surface area contributed by atoms with Gasteiger partial charge in [0.2, 0.25) is 0 Å². The van der Waals surface area contributed by atoms with Crippen LogP contribution in [-0.4, -0.2) is 33.9 Å². The fourth-order valence-electron chi connectivity index (χ4n) is 2.83. The molecule has 0 aliphatic carbocycles. The third kappa shape index (κ3) is 4.56. The van der Waals surface area contributed by atoms with Crippen LogP contribution >= 0.6 is 0 Å². The van der Waals surface area contributed by atoms with Crippen LogP contribution in [0.25, 0.3) is 0 Å². The Bertz CT molecular complexity index is 989. The zero-order valence-corrected chi connectivity index (χ0v) is 15.4. The minimum absolute atomic E-state index is 0.833. The molecule has 0 aromatic heterocycles. The van der Waals surface area contributed by atoms with Gasteiger partial charge in [-0.3, -0.25) is 0 Å². The van der Waals surface area contributed by atoms with Crippen molar-refractivity contribution >= 4 is 28.8 Å². The highest BCUT2D eigenvalue weighted by Crippen LogP contribution is 2.20. The van der Waals surface area contributed by atoms with Crippen LogP contribution in [0.5, 0.6) is 0 Å². The fourth-order valence-corrected chi connectivity index (χ4v) is 2.83. The average molecular weight is 380 g/mol. The average Bonchev–Trinajstić information content (AvgIpc) is 3.47. The van der Waals surface area contributed by atoms with Gasteiger partial charge in [-0.05, 0) is 72.9 Å². The Morgan fingerprint density at radius 1 is 0.621 bits per heavy atom. The number of aliphatic carboxylic acids is 1. The molecule has 1 N–H and O–H groups in total. The lowest BCUT2D eigenvalue weighted by molar-refractivity contribution is -0.131. The summed E-state index contributed by atoms with van der Waals surface area (Å²) in [5, 5.41) is 7.60. The molecule has 6 heteroatoms. The first-order valence-corrected chi connectivity index (χ1v) is 8.87. The van der Waals surface area contributed by atoms with Gasteiger partial charge in [-0.2, -0.15) is 0 Å². The molecule has 5 aliphatic rings. The number of carbonyl (C=O) groups is 1. The second-order valence-electron chi connectivity index (χ2n) is 6.30. The molecule has 0 aromatic carbocycles. The first-order chi connectivity index (χ1) is 14.1. The molecule has 5 aliphatic heterocycles. The summed E-state index contributed by atoms with van der Waals surface area (Å²) in [6.45, 7) is 2.96. The zero-order chi connectivity index (χ0) is 20.2. The van der Waals surface area contributed by atoms with E-state index in [2.05, 4.69) is 26.5 Å². The number of carboxylic acids is 1. The van der Waals surface area contributed by atoms with E-state index >= 15 is 0 Å². The van der Waals surface area contributed by atoms with Gasteiger partial charge in [-0.1, -0.05) is 6.58 Å². The van der Waals surface area contributed by atoms with Crippen molar-refractivity contribution in [3.05, 3.63) is 108 Å². The molecular weight excluding hydrogens is 364 g/mol. The fraction of sp³-hybridized carbons (Fsp3) is 0. The number of nitrogens with zero attached hydrogens (tertiary/aromatic N) is 4. The van der Waals surface area contributed by atoms with E-state index < -0.39 is 5.97 Å². The van der Waals surface area contributed by atoms with E-state index in [9.17, 15) is 4.79 Å².